The molecule has 0 bridgehead atoms. The lowest BCUT2D eigenvalue weighted by atomic mass is 10.2. The third kappa shape index (κ3) is 5.44. The summed E-state index contributed by atoms with van der Waals surface area (Å²) in [5.74, 6) is -1.17. The van der Waals surface area contributed by atoms with Gasteiger partial charge in [-0.25, -0.2) is 8.42 Å². The van der Waals surface area contributed by atoms with Crippen LogP contribution in [0.1, 0.15) is 10.4 Å². The molecule has 0 saturated heterocycles. The van der Waals surface area contributed by atoms with Gasteiger partial charge in [-0.1, -0.05) is 15.9 Å². The van der Waals surface area contributed by atoms with E-state index >= 15 is 0 Å². The molecule has 27 heavy (non-hydrogen) atoms. The molecule has 8 nitrogen and oxygen atoms in total. The van der Waals surface area contributed by atoms with E-state index in [9.17, 15) is 18.0 Å². The highest BCUT2D eigenvalue weighted by atomic mass is 79.9. The van der Waals surface area contributed by atoms with Gasteiger partial charge in [0.15, 0.2) is 0 Å². The lowest BCUT2D eigenvalue weighted by Crippen LogP contribution is -2.30. The number of hydrogen-bond donors (Lipinski definition) is 2. The van der Waals surface area contributed by atoms with Crippen molar-refractivity contribution in [3.63, 3.8) is 0 Å². The Labute approximate surface area is 165 Å². The summed E-state index contributed by atoms with van der Waals surface area (Å²) in [6, 6.07) is 10.5. The highest BCUT2D eigenvalue weighted by Crippen LogP contribution is 2.27. The molecule has 0 aliphatic carbocycles. The molecule has 0 fully saturated rings. The first-order valence-electron chi connectivity index (χ1n) is 7.58. The van der Waals surface area contributed by atoms with Crippen molar-refractivity contribution in [3.05, 3.63) is 52.5 Å². The van der Waals surface area contributed by atoms with Gasteiger partial charge in [0.2, 0.25) is 0 Å². The fourth-order valence-electron chi connectivity index (χ4n) is 2.08. The number of carbonyl (C=O) groups is 2. The standard InChI is InChI=1S/C17H17BrN2O6S/c1-25-14-8-3-11(17(22)19-10-16(21)26-2)9-15(14)27(23,24)20-13-6-4-12(18)5-7-13/h3-9,20H,10H2,1-2H3,(H,19,22). The van der Waals surface area contributed by atoms with Crippen molar-refractivity contribution in [2.24, 2.45) is 0 Å². The maximum Gasteiger partial charge on any atom is 0.325 e. The van der Waals surface area contributed by atoms with E-state index < -0.39 is 21.9 Å². The summed E-state index contributed by atoms with van der Waals surface area (Å²) >= 11 is 3.27. The molecule has 0 unspecified atom stereocenters. The van der Waals surface area contributed by atoms with Crippen LogP contribution >= 0.6 is 15.9 Å². The minimum absolute atomic E-state index is 0.0517. The largest absolute Gasteiger partial charge is 0.495 e. The highest BCUT2D eigenvalue weighted by molar-refractivity contribution is 9.10. The number of benzene rings is 2. The van der Waals surface area contributed by atoms with Gasteiger partial charge in [0, 0.05) is 15.7 Å². The van der Waals surface area contributed by atoms with E-state index in [-0.39, 0.29) is 22.8 Å². The molecule has 1 amide bonds. The van der Waals surface area contributed by atoms with Crippen LogP contribution in [0.3, 0.4) is 0 Å². The quantitative estimate of drug-likeness (QED) is 0.617. The van der Waals surface area contributed by atoms with Gasteiger partial charge in [0.05, 0.1) is 14.2 Å². The number of nitrogens with one attached hydrogen (secondary N) is 2. The highest BCUT2D eigenvalue weighted by Gasteiger charge is 2.22. The molecule has 0 aliphatic heterocycles. The lowest BCUT2D eigenvalue weighted by Gasteiger charge is -2.13. The molecule has 2 aromatic carbocycles. The van der Waals surface area contributed by atoms with Crippen molar-refractivity contribution >= 4 is 43.5 Å². The maximum absolute atomic E-state index is 12.7. The fourth-order valence-corrected chi connectivity index (χ4v) is 3.60. The van der Waals surface area contributed by atoms with Crippen LogP contribution in [0.25, 0.3) is 0 Å². The van der Waals surface area contributed by atoms with Crippen LogP contribution in [-0.2, 0) is 19.6 Å². The number of rotatable bonds is 7. The molecule has 2 rings (SSSR count). The monoisotopic (exact) mass is 456 g/mol. The molecular formula is C17H17BrN2O6S. The van der Waals surface area contributed by atoms with Gasteiger partial charge in [0.25, 0.3) is 15.9 Å². The molecule has 0 atom stereocenters. The van der Waals surface area contributed by atoms with Crippen LogP contribution in [0.15, 0.2) is 51.8 Å². The number of hydrogen-bond acceptors (Lipinski definition) is 6. The summed E-state index contributed by atoms with van der Waals surface area (Å²) in [6.07, 6.45) is 0. The summed E-state index contributed by atoms with van der Waals surface area (Å²) < 4.78 is 38.3. The van der Waals surface area contributed by atoms with E-state index in [1.165, 1.54) is 32.4 Å². The summed E-state index contributed by atoms with van der Waals surface area (Å²) in [4.78, 5) is 23.1. The normalized spacial score (nSPS) is 10.8. The average Bonchev–Trinajstić information content (AvgIpc) is 2.66. The predicted molar refractivity (Wildman–Crippen MR) is 102 cm³/mol. The zero-order valence-corrected chi connectivity index (χ0v) is 16.9. The molecule has 0 saturated carbocycles. The topological polar surface area (TPSA) is 111 Å². The predicted octanol–water partition coefficient (Wildman–Crippen LogP) is 2.16. The second-order valence-corrected chi connectivity index (χ2v) is 7.80. The summed E-state index contributed by atoms with van der Waals surface area (Å²) in [5.41, 5.74) is 0.400. The molecular weight excluding hydrogens is 440 g/mol. The van der Waals surface area contributed by atoms with E-state index in [1.807, 2.05) is 0 Å². The molecule has 0 heterocycles. The molecule has 2 aromatic rings. The Morgan fingerprint density at radius 3 is 2.33 bits per heavy atom. The molecule has 0 spiro atoms. The molecule has 0 radical (unpaired) electrons. The zero-order chi connectivity index (χ0) is 20.0. The van der Waals surface area contributed by atoms with Crippen molar-refractivity contribution in [2.75, 3.05) is 25.5 Å². The minimum atomic E-state index is -4.02. The van der Waals surface area contributed by atoms with Crippen LogP contribution in [-0.4, -0.2) is 41.1 Å². The second-order valence-electron chi connectivity index (χ2n) is 5.24. The van der Waals surface area contributed by atoms with Gasteiger partial charge in [0.1, 0.15) is 17.2 Å². The van der Waals surface area contributed by atoms with E-state index in [0.29, 0.717) is 5.69 Å². The Morgan fingerprint density at radius 2 is 1.74 bits per heavy atom. The Morgan fingerprint density at radius 1 is 1.07 bits per heavy atom. The van der Waals surface area contributed by atoms with Crippen LogP contribution in [0.5, 0.6) is 5.75 Å². The van der Waals surface area contributed by atoms with Gasteiger partial charge in [-0.3, -0.25) is 14.3 Å². The van der Waals surface area contributed by atoms with Crippen molar-refractivity contribution in [1.82, 2.24) is 5.32 Å². The third-order valence-corrected chi connectivity index (χ3v) is 5.36. The number of sulfonamides is 1. The van der Waals surface area contributed by atoms with Gasteiger partial charge in [-0.05, 0) is 42.5 Å². The minimum Gasteiger partial charge on any atom is -0.495 e. The molecule has 0 aromatic heterocycles. The average molecular weight is 457 g/mol. The first-order valence-corrected chi connectivity index (χ1v) is 9.86. The molecule has 2 N–H and O–H groups in total. The Hall–Kier alpha value is -2.59. The van der Waals surface area contributed by atoms with E-state index in [4.69, 9.17) is 4.74 Å². The Balaban J connectivity index is 2.31. The van der Waals surface area contributed by atoms with Crippen molar-refractivity contribution in [2.45, 2.75) is 4.90 Å². The van der Waals surface area contributed by atoms with Crippen LogP contribution < -0.4 is 14.8 Å². The van der Waals surface area contributed by atoms with Gasteiger partial charge >= 0.3 is 5.97 Å². The number of esters is 1. The Kier molecular flexibility index (Phi) is 6.81. The first-order chi connectivity index (χ1) is 12.8. The summed E-state index contributed by atoms with van der Waals surface area (Å²) in [6.45, 7) is -0.333. The van der Waals surface area contributed by atoms with E-state index in [1.54, 1.807) is 24.3 Å². The first kappa shape index (κ1) is 20.7. The van der Waals surface area contributed by atoms with Crippen LogP contribution in [0.4, 0.5) is 5.69 Å². The fraction of sp³-hybridized carbons (Fsp3) is 0.176. The van der Waals surface area contributed by atoms with Gasteiger partial charge < -0.3 is 14.8 Å². The SMILES string of the molecule is COC(=O)CNC(=O)c1ccc(OC)c(S(=O)(=O)Nc2ccc(Br)cc2)c1. The smallest absolute Gasteiger partial charge is 0.325 e. The van der Waals surface area contributed by atoms with Crippen LogP contribution in [0.2, 0.25) is 0 Å². The van der Waals surface area contributed by atoms with Gasteiger partial charge in [-0.2, -0.15) is 0 Å². The molecule has 0 aliphatic rings. The van der Waals surface area contributed by atoms with E-state index in [0.717, 1.165) is 4.47 Å². The van der Waals surface area contributed by atoms with E-state index in [2.05, 4.69) is 30.7 Å². The van der Waals surface area contributed by atoms with Crippen molar-refractivity contribution in [1.29, 1.82) is 0 Å². The number of anilines is 1. The number of ether oxygens (including phenoxy) is 2. The number of carbonyl (C=O) groups excluding carboxylic acids is 2. The second kappa shape index (κ2) is 8.87. The Bertz CT molecular complexity index is 944. The number of amides is 1. The summed E-state index contributed by atoms with van der Waals surface area (Å²) in [7, 11) is -1.50. The maximum atomic E-state index is 12.7. The van der Waals surface area contributed by atoms with Crippen molar-refractivity contribution in [3.8, 4) is 5.75 Å². The molecule has 144 valence electrons. The molecule has 10 heteroatoms. The van der Waals surface area contributed by atoms with Gasteiger partial charge in [-0.15, -0.1) is 0 Å². The zero-order valence-electron chi connectivity index (χ0n) is 14.5. The number of methoxy groups -OCH3 is 2. The number of halogens is 1. The third-order valence-electron chi connectivity index (χ3n) is 3.43. The lowest BCUT2D eigenvalue weighted by molar-refractivity contribution is -0.139. The van der Waals surface area contributed by atoms with Crippen LogP contribution in [0, 0.1) is 0 Å². The summed E-state index contributed by atoms with van der Waals surface area (Å²) in [5, 5.41) is 2.35. The van der Waals surface area contributed by atoms with Crippen molar-refractivity contribution < 1.29 is 27.5 Å².